The lowest BCUT2D eigenvalue weighted by Crippen LogP contribution is -2.13. The van der Waals surface area contributed by atoms with Gasteiger partial charge in [0.15, 0.2) is 11.0 Å². The SMILES string of the molecule is CSc1ccccc1NC(=O)CCSc1nnc(-c2ccccc2F)n1C. The van der Waals surface area contributed by atoms with Gasteiger partial charge in [-0.3, -0.25) is 4.79 Å². The number of nitrogens with zero attached hydrogens (tertiary/aromatic N) is 3. The number of nitrogens with one attached hydrogen (secondary N) is 1. The molecule has 1 aromatic heterocycles. The van der Waals surface area contributed by atoms with Crippen molar-refractivity contribution in [3.63, 3.8) is 0 Å². The molecule has 0 aliphatic rings. The Hall–Kier alpha value is -2.32. The first-order chi connectivity index (χ1) is 13.1. The molecule has 0 fully saturated rings. The number of aromatic nitrogens is 3. The molecule has 8 heteroatoms. The van der Waals surface area contributed by atoms with E-state index >= 15 is 0 Å². The van der Waals surface area contributed by atoms with Gasteiger partial charge < -0.3 is 9.88 Å². The number of para-hydroxylation sites is 1. The topological polar surface area (TPSA) is 59.8 Å². The van der Waals surface area contributed by atoms with Gasteiger partial charge in [-0.1, -0.05) is 36.0 Å². The third-order valence-electron chi connectivity index (χ3n) is 3.89. The number of benzene rings is 2. The molecule has 27 heavy (non-hydrogen) atoms. The Labute approximate surface area is 165 Å². The first-order valence-electron chi connectivity index (χ1n) is 8.30. The highest BCUT2D eigenvalue weighted by molar-refractivity contribution is 7.99. The zero-order valence-corrected chi connectivity index (χ0v) is 16.6. The zero-order chi connectivity index (χ0) is 19.2. The number of hydrogen-bond donors (Lipinski definition) is 1. The van der Waals surface area contributed by atoms with Crippen molar-refractivity contribution < 1.29 is 9.18 Å². The van der Waals surface area contributed by atoms with E-state index in [4.69, 9.17) is 0 Å². The third-order valence-corrected chi connectivity index (χ3v) is 5.71. The number of rotatable bonds is 7. The lowest BCUT2D eigenvalue weighted by atomic mass is 10.2. The van der Waals surface area contributed by atoms with Crippen LogP contribution in [0, 0.1) is 5.82 Å². The maximum atomic E-state index is 13.9. The number of carbonyl (C=O) groups excluding carboxylic acids is 1. The molecule has 3 rings (SSSR count). The van der Waals surface area contributed by atoms with Crippen LogP contribution in [0.2, 0.25) is 0 Å². The van der Waals surface area contributed by atoms with E-state index in [9.17, 15) is 9.18 Å². The Bertz CT molecular complexity index is 945. The molecule has 0 unspecified atom stereocenters. The number of hydrogen-bond acceptors (Lipinski definition) is 5. The minimum Gasteiger partial charge on any atom is -0.325 e. The molecule has 1 amide bonds. The van der Waals surface area contributed by atoms with Crippen molar-refractivity contribution in [2.24, 2.45) is 7.05 Å². The summed E-state index contributed by atoms with van der Waals surface area (Å²) in [6, 6.07) is 14.2. The second kappa shape index (κ2) is 9.05. The van der Waals surface area contributed by atoms with E-state index in [0.717, 1.165) is 10.6 Å². The van der Waals surface area contributed by atoms with Crippen molar-refractivity contribution in [3.05, 3.63) is 54.3 Å². The summed E-state index contributed by atoms with van der Waals surface area (Å²) in [4.78, 5) is 13.2. The maximum Gasteiger partial charge on any atom is 0.225 e. The monoisotopic (exact) mass is 402 g/mol. The molecule has 0 radical (unpaired) electrons. The molecular weight excluding hydrogens is 383 g/mol. The van der Waals surface area contributed by atoms with Crippen LogP contribution in [-0.4, -0.2) is 32.7 Å². The van der Waals surface area contributed by atoms with E-state index in [-0.39, 0.29) is 11.7 Å². The smallest absolute Gasteiger partial charge is 0.225 e. The summed E-state index contributed by atoms with van der Waals surface area (Å²) in [5.74, 6) is 0.627. The van der Waals surface area contributed by atoms with Crippen molar-refractivity contribution in [1.82, 2.24) is 14.8 Å². The van der Waals surface area contributed by atoms with Crippen LogP contribution in [0.1, 0.15) is 6.42 Å². The normalized spacial score (nSPS) is 10.8. The van der Waals surface area contributed by atoms with Gasteiger partial charge in [-0.2, -0.15) is 0 Å². The molecule has 0 bridgehead atoms. The van der Waals surface area contributed by atoms with Gasteiger partial charge in [0.2, 0.25) is 5.91 Å². The van der Waals surface area contributed by atoms with E-state index in [1.54, 1.807) is 41.6 Å². The molecule has 3 aromatic rings. The largest absolute Gasteiger partial charge is 0.325 e. The minimum atomic E-state index is -0.337. The van der Waals surface area contributed by atoms with Crippen LogP contribution >= 0.6 is 23.5 Å². The van der Waals surface area contributed by atoms with Crippen LogP contribution in [0.5, 0.6) is 0 Å². The Morgan fingerprint density at radius 1 is 1.15 bits per heavy atom. The van der Waals surface area contributed by atoms with E-state index in [1.807, 2.05) is 30.5 Å². The van der Waals surface area contributed by atoms with Crippen LogP contribution in [0.3, 0.4) is 0 Å². The van der Waals surface area contributed by atoms with Crippen LogP contribution in [0.4, 0.5) is 10.1 Å². The molecule has 1 heterocycles. The second-order valence-corrected chi connectivity index (χ2v) is 7.60. The molecule has 0 atom stereocenters. The van der Waals surface area contributed by atoms with Crippen molar-refractivity contribution in [2.75, 3.05) is 17.3 Å². The predicted octanol–water partition coefficient (Wildman–Crippen LogP) is 4.46. The fourth-order valence-corrected chi connectivity index (χ4v) is 3.92. The fourth-order valence-electron chi connectivity index (χ4n) is 2.51. The molecular formula is C19H19FN4OS2. The second-order valence-electron chi connectivity index (χ2n) is 5.69. The standard InChI is InChI=1S/C19H19FN4OS2/c1-24-18(13-7-3-4-8-14(13)20)22-23-19(24)27-12-11-17(25)21-15-9-5-6-10-16(15)26-2/h3-10H,11-12H2,1-2H3,(H,21,25). The van der Waals surface area contributed by atoms with Crippen molar-refractivity contribution >= 4 is 35.1 Å². The summed E-state index contributed by atoms with van der Waals surface area (Å²) in [6.07, 6.45) is 2.32. The van der Waals surface area contributed by atoms with Gasteiger partial charge in [-0.15, -0.1) is 22.0 Å². The number of carbonyl (C=O) groups is 1. The van der Waals surface area contributed by atoms with Crippen molar-refractivity contribution in [3.8, 4) is 11.4 Å². The minimum absolute atomic E-state index is 0.0551. The Balaban J connectivity index is 1.58. The molecule has 0 saturated heterocycles. The molecule has 0 aliphatic heterocycles. The number of thioether (sulfide) groups is 2. The average Bonchev–Trinajstić information content (AvgIpc) is 3.03. The van der Waals surface area contributed by atoms with Crippen LogP contribution in [0.15, 0.2) is 58.6 Å². The molecule has 2 aromatic carbocycles. The van der Waals surface area contributed by atoms with E-state index in [1.165, 1.54) is 17.8 Å². The Morgan fingerprint density at radius 2 is 1.89 bits per heavy atom. The lowest BCUT2D eigenvalue weighted by molar-refractivity contribution is -0.115. The van der Waals surface area contributed by atoms with Crippen LogP contribution in [-0.2, 0) is 11.8 Å². The van der Waals surface area contributed by atoms with Gasteiger partial charge in [0.05, 0.1) is 11.3 Å². The highest BCUT2D eigenvalue weighted by atomic mass is 32.2. The summed E-state index contributed by atoms with van der Waals surface area (Å²) >= 11 is 3.01. The first kappa shape index (κ1) is 19.4. The van der Waals surface area contributed by atoms with Gasteiger partial charge >= 0.3 is 0 Å². The van der Waals surface area contributed by atoms with Crippen LogP contribution < -0.4 is 5.32 Å². The summed E-state index contributed by atoms with van der Waals surface area (Å²) in [7, 11) is 1.79. The average molecular weight is 403 g/mol. The van der Waals surface area contributed by atoms with Crippen molar-refractivity contribution in [2.45, 2.75) is 16.5 Å². The summed E-state index contributed by atoms with van der Waals surface area (Å²) < 4.78 is 15.7. The quantitative estimate of drug-likeness (QED) is 0.591. The number of amides is 1. The summed E-state index contributed by atoms with van der Waals surface area (Å²) in [5.41, 5.74) is 1.23. The predicted molar refractivity (Wildman–Crippen MR) is 109 cm³/mol. The zero-order valence-electron chi connectivity index (χ0n) is 15.0. The van der Waals surface area contributed by atoms with Gasteiger partial charge in [-0.25, -0.2) is 4.39 Å². The molecule has 140 valence electrons. The molecule has 0 saturated carbocycles. The number of halogens is 1. The first-order valence-corrected chi connectivity index (χ1v) is 10.5. The van der Waals surface area contributed by atoms with Crippen molar-refractivity contribution in [1.29, 1.82) is 0 Å². The van der Waals surface area contributed by atoms with Gasteiger partial charge in [0, 0.05) is 24.1 Å². The highest BCUT2D eigenvalue weighted by Gasteiger charge is 2.15. The number of anilines is 1. The third kappa shape index (κ3) is 4.70. The Morgan fingerprint density at radius 3 is 2.67 bits per heavy atom. The van der Waals surface area contributed by atoms with Gasteiger partial charge in [0.1, 0.15) is 5.82 Å². The van der Waals surface area contributed by atoms with Gasteiger partial charge in [0.25, 0.3) is 0 Å². The van der Waals surface area contributed by atoms with Gasteiger partial charge in [-0.05, 0) is 30.5 Å². The summed E-state index contributed by atoms with van der Waals surface area (Å²) in [6.45, 7) is 0. The molecule has 5 nitrogen and oxygen atoms in total. The highest BCUT2D eigenvalue weighted by Crippen LogP contribution is 2.26. The van der Waals surface area contributed by atoms with Crippen LogP contribution in [0.25, 0.3) is 11.4 Å². The Kier molecular flexibility index (Phi) is 6.52. The van der Waals surface area contributed by atoms with E-state index < -0.39 is 0 Å². The fraction of sp³-hybridized carbons (Fsp3) is 0.211. The summed E-state index contributed by atoms with van der Waals surface area (Å²) in [5, 5.41) is 11.8. The van der Waals surface area contributed by atoms with E-state index in [0.29, 0.717) is 28.7 Å². The van der Waals surface area contributed by atoms with E-state index in [2.05, 4.69) is 15.5 Å². The maximum absolute atomic E-state index is 13.9. The lowest BCUT2D eigenvalue weighted by Gasteiger charge is -2.09. The molecule has 0 aliphatic carbocycles. The molecule has 1 N–H and O–H groups in total. The molecule has 0 spiro atoms.